The summed E-state index contributed by atoms with van der Waals surface area (Å²) in [7, 11) is 0. The molecule has 6 heteroatoms. The zero-order valence-corrected chi connectivity index (χ0v) is 11.5. The third-order valence-corrected chi connectivity index (χ3v) is 3.19. The van der Waals surface area contributed by atoms with Crippen LogP contribution < -0.4 is 0 Å². The highest BCUT2D eigenvalue weighted by Crippen LogP contribution is 2.23. The summed E-state index contributed by atoms with van der Waals surface area (Å²) in [5.74, 6) is -0.410. The molecule has 1 aliphatic rings. The fraction of sp³-hybridized carbons (Fsp3) is 0.769. The number of amides is 1. The van der Waals surface area contributed by atoms with E-state index < -0.39 is 24.7 Å². The minimum atomic E-state index is -4.33. The molecule has 1 fully saturated rings. The summed E-state index contributed by atoms with van der Waals surface area (Å²) < 4.78 is 37.2. The van der Waals surface area contributed by atoms with Crippen molar-refractivity contribution in [1.29, 1.82) is 0 Å². The molecule has 1 heterocycles. The third kappa shape index (κ3) is 4.86. The maximum atomic E-state index is 12.4. The average Bonchev–Trinajstić information content (AvgIpc) is 2.27. The van der Waals surface area contributed by atoms with Gasteiger partial charge in [0.15, 0.2) is 0 Å². The first kappa shape index (κ1) is 16.0. The van der Waals surface area contributed by atoms with Crippen molar-refractivity contribution in [3.8, 4) is 0 Å². The molecule has 0 spiro atoms. The molecule has 19 heavy (non-hydrogen) atoms. The van der Waals surface area contributed by atoms with E-state index in [2.05, 4.69) is 6.58 Å². The van der Waals surface area contributed by atoms with Gasteiger partial charge in [-0.3, -0.25) is 9.69 Å². The van der Waals surface area contributed by atoms with Gasteiger partial charge in [-0.1, -0.05) is 19.1 Å². The summed E-state index contributed by atoms with van der Waals surface area (Å²) >= 11 is 0. The summed E-state index contributed by atoms with van der Waals surface area (Å²) in [4.78, 5) is 15.0. The Kier molecular flexibility index (Phi) is 5.40. The number of piperidine rings is 1. The molecule has 1 saturated heterocycles. The quantitative estimate of drug-likeness (QED) is 0.721. The number of nitrogens with zero attached hydrogens (tertiary/aromatic N) is 2. The van der Waals surface area contributed by atoms with E-state index in [4.69, 9.17) is 0 Å². The molecule has 0 aliphatic carbocycles. The van der Waals surface area contributed by atoms with E-state index in [0.717, 1.165) is 10.5 Å². The molecule has 110 valence electrons. The predicted molar refractivity (Wildman–Crippen MR) is 67.7 cm³/mol. The van der Waals surface area contributed by atoms with Gasteiger partial charge in [0.1, 0.15) is 6.54 Å². The Morgan fingerprint density at radius 2 is 2.16 bits per heavy atom. The number of rotatable bonds is 5. The van der Waals surface area contributed by atoms with Crippen molar-refractivity contribution in [2.45, 2.75) is 38.9 Å². The first-order valence-corrected chi connectivity index (χ1v) is 6.48. The second-order valence-corrected chi connectivity index (χ2v) is 5.05. The highest BCUT2D eigenvalue weighted by Gasteiger charge is 2.38. The van der Waals surface area contributed by atoms with Crippen molar-refractivity contribution in [2.24, 2.45) is 0 Å². The van der Waals surface area contributed by atoms with Crippen LogP contribution in [0.5, 0.6) is 0 Å². The van der Waals surface area contributed by atoms with Crippen LogP contribution in [0.25, 0.3) is 0 Å². The maximum absolute atomic E-state index is 12.4. The molecular formula is C13H21F3N2O. The van der Waals surface area contributed by atoms with Crippen LogP contribution in [0.15, 0.2) is 12.2 Å². The first-order valence-electron chi connectivity index (χ1n) is 6.48. The number of alkyl halides is 3. The van der Waals surface area contributed by atoms with Crippen LogP contribution in [0.1, 0.15) is 26.7 Å². The first-order chi connectivity index (χ1) is 8.74. The highest BCUT2D eigenvalue weighted by molar-refractivity contribution is 5.82. The Morgan fingerprint density at radius 1 is 1.53 bits per heavy atom. The monoisotopic (exact) mass is 278 g/mol. The van der Waals surface area contributed by atoms with Gasteiger partial charge in [0.25, 0.3) is 0 Å². The molecule has 0 aromatic heterocycles. The van der Waals surface area contributed by atoms with E-state index in [1.165, 1.54) is 0 Å². The Bertz CT molecular complexity index is 341. The van der Waals surface area contributed by atoms with Crippen molar-refractivity contribution in [3.63, 3.8) is 0 Å². The van der Waals surface area contributed by atoms with Crippen molar-refractivity contribution in [1.82, 2.24) is 9.80 Å². The molecule has 0 aromatic rings. The van der Waals surface area contributed by atoms with Crippen molar-refractivity contribution >= 4 is 5.91 Å². The second kappa shape index (κ2) is 6.41. The van der Waals surface area contributed by atoms with Crippen molar-refractivity contribution in [2.75, 3.05) is 26.2 Å². The minimum absolute atomic E-state index is 0.194. The Hall–Kier alpha value is -1.04. The van der Waals surface area contributed by atoms with E-state index in [0.29, 0.717) is 25.9 Å². The molecule has 1 atom stereocenters. The lowest BCUT2D eigenvalue weighted by Gasteiger charge is -2.38. The van der Waals surface area contributed by atoms with Crippen molar-refractivity contribution < 1.29 is 18.0 Å². The van der Waals surface area contributed by atoms with Gasteiger partial charge in [-0.2, -0.15) is 13.2 Å². The largest absolute Gasteiger partial charge is 0.406 e. The molecule has 0 saturated carbocycles. The second-order valence-electron chi connectivity index (χ2n) is 5.05. The summed E-state index contributed by atoms with van der Waals surface area (Å²) in [6, 6.07) is -0.446. The number of carbonyl (C=O) groups is 1. The smallest absolute Gasteiger partial charge is 0.332 e. The van der Waals surface area contributed by atoms with E-state index >= 15 is 0 Å². The van der Waals surface area contributed by atoms with Gasteiger partial charge in [-0.05, 0) is 26.3 Å². The lowest BCUT2D eigenvalue weighted by molar-refractivity contribution is -0.167. The minimum Gasteiger partial charge on any atom is -0.332 e. The number of carbonyl (C=O) groups excluding carboxylic acids is 1. The Balaban J connectivity index is 2.73. The number of halogens is 3. The van der Waals surface area contributed by atoms with Gasteiger partial charge in [0.05, 0.1) is 6.04 Å². The summed E-state index contributed by atoms with van der Waals surface area (Å²) in [5.41, 5.74) is 0.905. The third-order valence-electron chi connectivity index (χ3n) is 3.19. The van der Waals surface area contributed by atoms with Crippen LogP contribution in [-0.2, 0) is 4.79 Å². The predicted octanol–water partition coefficient (Wildman–Crippen LogP) is 2.44. The van der Waals surface area contributed by atoms with Gasteiger partial charge < -0.3 is 4.90 Å². The normalized spacial score (nSPS) is 21.1. The van der Waals surface area contributed by atoms with Gasteiger partial charge in [0.2, 0.25) is 5.91 Å². The average molecular weight is 278 g/mol. The number of hydrogen-bond donors (Lipinski definition) is 0. The summed E-state index contributed by atoms with van der Waals surface area (Å²) in [6.45, 7) is 7.77. The standard InChI is InChI=1S/C13H21F3N2O/c1-4-17(8-10(2)3)11-6-5-7-18(12(11)19)9-13(14,15)16/h11H,2,4-9H2,1,3H3. The van der Waals surface area contributed by atoms with Crippen LogP contribution in [-0.4, -0.2) is 54.1 Å². The molecule has 0 N–H and O–H groups in total. The molecular weight excluding hydrogens is 257 g/mol. The molecule has 0 radical (unpaired) electrons. The zero-order valence-electron chi connectivity index (χ0n) is 11.5. The Labute approximate surface area is 112 Å². The van der Waals surface area contributed by atoms with Gasteiger partial charge in [0, 0.05) is 13.1 Å². The van der Waals surface area contributed by atoms with Crippen LogP contribution in [0.4, 0.5) is 13.2 Å². The van der Waals surface area contributed by atoms with Gasteiger partial charge in [-0.25, -0.2) is 0 Å². The zero-order chi connectivity index (χ0) is 14.6. The fourth-order valence-electron chi connectivity index (χ4n) is 2.42. The highest BCUT2D eigenvalue weighted by atomic mass is 19.4. The molecule has 1 unspecified atom stereocenters. The molecule has 1 rings (SSSR count). The van der Waals surface area contributed by atoms with Gasteiger partial charge >= 0.3 is 6.18 Å². The molecule has 3 nitrogen and oxygen atoms in total. The van der Waals surface area contributed by atoms with Crippen LogP contribution in [0.3, 0.4) is 0 Å². The van der Waals surface area contributed by atoms with E-state index in [9.17, 15) is 18.0 Å². The van der Waals surface area contributed by atoms with E-state index in [-0.39, 0.29) is 6.54 Å². The van der Waals surface area contributed by atoms with Crippen LogP contribution in [0.2, 0.25) is 0 Å². The topological polar surface area (TPSA) is 23.6 Å². The fourth-order valence-corrected chi connectivity index (χ4v) is 2.42. The number of likely N-dealkylation sites (tertiary alicyclic amines) is 1. The van der Waals surface area contributed by atoms with Crippen LogP contribution in [0, 0.1) is 0 Å². The lowest BCUT2D eigenvalue weighted by atomic mass is 10.0. The molecule has 0 bridgehead atoms. The number of likely N-dealkylation sites (N-methyl/N-ethyl adjacent to an activating group) is 1. The van der Waals surface area contributed by atoms with E-state index in [1.807, 2.05) is 18.7 Å². The molecule has 1 amide bonds. The van der Waals surface area contributed by atoms with E-state index in [1.54, 1.807) is 0 Å². The molecule has 1 aliphatic heterocycles. The van der Waals surface area contributed by atoms with Gasteiger partial charge in [-0.15, -0.1) is 0 Å². The molecule has 0 aromatic carbocycles. The lowest BCUT2D eigenvalue weighted by Crippen LogP contribution is -2.54. The number of hydrogen-bond acceptors (Lipinski definition) is 2. The van der Waals surface area contributed by atoms with Crippen molar-refractivity contribution in [3.05, 3.63) is 12.2 Å². The Morgan fingerprint density at radius 3 is 2.63 bits per heavy atom. The SMILES string of the molecule is C=C(C)CN(CC)C1CCCN(CC(F)(F)F)C1=O. The maximum Gasteiger partial charge on any atom is 0.406 e. The summed E-state index contributed by atoms with van der Waals surface area (Å²) in [5, 5.41) is 0. The summed E-state index contributed by atoms with van der Waals surface area (Å²) in [6.07, 6.45) is -3.10. The van der Waals surface area contributed by atoms with Crippen LogP contribution >= 0.6 is 0 Å².